The lowest BCUT2D eigenvalue weighted by Gasteiger charge is -2.43. The molecule has 0 radical (unpaired) electrons. The van der Waals surface area contributed by atoms with Crippen molar-refractivity contribution >= 4 is 0 Å². The van der Waals surface area contributed by atoms with Gasteiger partial charge in [0, 0.05) is 24.7 Å². The first-order chi connectivity index (χ1) is 6.92. The van der Waals surface area contributed by atoms with Crippen molar-refractivity contribution in [2.75, 3.05) is 26.3 Å². The highest BCUT2D eigenvalue weighted by Crippen LogP contribution is 2.19. The van der Waals surface area contributed by atoms with Crippen LogP contribution in [0, 0.1) is 5.92 Å². The van der Waals surface area contributed by atoms with E-state index in [4.69, 9.17) is 10.5 Å². The van der Waals surface area contributed by atoms with Crippen molar-refractivity contribution in [2.24, 2.45) is 11.7 Å². The van der Waals surface area contributed by atoms with Crippen LogP contribution in [0.4, 0.5) is 0 Å². The minimum atomic E-state index is 0.146. The smallest absolute Gasteiger partial charge is 0.0645 e. The summed E-state index contributed by atoms with van der Waals surface area (Å²) in [5.41, 5.74) is 6.29. The van der Waals surface area contributed by atoms with E-state index in [2.05, 4.69) is 32.6 Å². The Morgan fingerprint density at radius 2 is 2.07 bits per heavy atom. The van der Waals surface area contributed by atoms with E-state index in [9.17, 15) is 0 Å². The SMILES string of the molecule is CC(C)CC(N)CN1CCOCC1(C)C. The maximum Gasteiger partial charge on any atom is 0.0645 e. The van der Waals surface area contributed by atoms with Crippen LogP contribution >= 0.6 is 0 Å². The van der Waals surface area contributed by atoms with Crippen LogP contribution < -0.4 is 5.73 Å². The van der Waals surface area contributed by atoms with Crippen molar-refractivity contribution in [2.45, 2.75) is 45.7 Å². The normalized spacial score (nSPS) is 24.4. The summed E-state index contributed by atoms with van der Waals surface area (Å²) in [7, 11) is 0. The van der Waals surface area contributed by atoms with Crippen LogP contribution in [-0.2, 0) is 4.74 Å². The van der Waals surface area contributed by atoms with Gasteiger partial charge in [-0.15, -0.1) is 0 Å². The van der Waals surface area contributed by atoms with Gasteiger partial charge < -0.3 is 10.5 Å². The number of hydrogen-bond donors (Lipinski definition) is 1. The van der Waals surface area contributed by atoms with Gasteiger partial charge in [-0.25, -0.2) is 0 Å². The van der Waals surface area contributed by atoms with E-state index < -0.39 is 0 Å². The molecule has 15 heavy (non-hydrogen) atoms. The number of rotatable bonds is 4. The zero-order chi connectivity index (χ0) is 11.5. The first-order valence-corrected chi connectivity index (χ1v) is 6.00. The molecule has 0 amide bonds. The molecular formula is C12H26N2O. The topological polar surface area (TPSA) is 38.5 Å². The summed E-state index contributed by atoms with van der Waals surface area (Å²) >= 11 is 0. The predicted molar refractivity (Wildman–Crippen MR) is 63.9 cm³/mol. The van der Waals surface area contributed by atoms with Gasteiger partial charge in [0.25, 0.3) is 0 Å². The average Bonchev–Trinajstić information content (AvgIpc) is 2.07. The van der Waals surface area contributed by atoms with E-state index in [1.165, 1.54) is 0 Å². The third kappa shape index (κ3) is 4.09. The first kappa shape index (κ1) is 12.9. The fourth-order valence-corrected chi connectivity index (χ4v) is 2.19. The van der Waals surface area contributed by atoms with E-state index in [-0.39, 0.29) is 5.54 Å². The van der Waals surface area contributed by atoms with Crippen LogP contribution in [0.3, 0.4) is 0 Å². The lowest BCUT2D eigenvalue weighted by atomic mass is 9.99. The van der Waals surface area contributed by atoms with Gasteiger partial charge in [0.05, 0.1) is 13.2 Å². The van der Waals surface area contributed by atoms with Crippen LogP contribution in [0.25, 0.3) is 0 Å². The monoisotopic (exact) mass is 214 g/mol. The van der Waals surface area contributed by atoms with E-state index in [0.717, 1.165) is 32.7 Å². The van der Waals surface area contributed by atoms with Crippen molar-refractivity contribution < 1.29 is 4.74 Å². The number of morpholine rings is 1. The Bertz CT molecular complexity index is 192. The molecule has 0 aliphatic carbocycles. The Morgan fingerprint density at radius 1 is 1.40 bits per heavy atom. The van der Waals surface area contributed by atoms with Crippen molar-refractivity contribution in [3.63, 3.8) is 0 Å². The van der Waals surface area contributed by atoms with Crippen molar-refractivity contribution in [3.8, 4) is 0 Å². The largest absolute Gasteiger partial charge is 0.378 e. The third-order valence-electron chi connectivity index (χ3n) is 3.05. The van der Waals surface area contributed by atoms with Crippen LogP contribution in [0.5, 0.6) is 0 Å². The number of hydrogen-bond acceptors (Lipinski definition) is 3. The molecule has 1 atom stereocenters. The first-order valence-electron chi connectivity index (χ1n) is 6.00. The van der Waals surface area contributed by atoms with Gasteiger partial charge in [-0.1, -0.05) is 13.8 Å². The third-order valence-corrected chi connectivity index (χ3v) is 3.05. The molecule has 90 valence electrons. The van der Waals surface area contributed by atoms with E-state index in [1.807, 2.05) is 0 Å². The summed E-state index contributed by atoms with van der Waals surface area (Å²) in [5.74, 6) is 0.684. The summed E-state index contributed by atoms with van der Waals surface area (Å²) in [6, 6.07) is 0.294. The number of nitrogens with two attached hydrogens (primary N) is 1. The highest BCUT2D eigenvalue weighted by Gasteiger charge is 2.31. The van der Waals surface area contributed by atoms with Crippen LogP contribution in [0.15, 0.2) is 0 Å². The van der Waals surface area contributed by atoms with Gasteiger partial charge in [0.15, 0.2) is 0 Å². The molecule has 1 heterocycles. The minimum Gasteiger partial charge on any atom is -0.378 e. The molecule has 0 aromatic rings. The Morgan fingerprint density at radius 3 is 2.60 bits per heavy atom. The molecule has 1 fully saturated rings. The van der Waals surface area contributed by atoms with Crippen molar-refractivity contribution in [3.05, 3.63) is 0 Å². The lowest BCUT2D eigenvalue weighted by molar-refractivity contribution is -0.0536. The predicted octanol–water partition coefficient (Wildman–Crippen LogP) is 1.47. The second-order valence-electron chi connectivity index (χ2n) is 5.70. The summed E-state index contributed by atoms with van der Waals surface area (Å²) in [5, 5.41) is 0. The van der Waals surface area contributed by atoms with Gasteiger partial charge in [-0.2, -0.15) is 0 Å². The van der Waals surface area contributed by atoms with Gasteiger partial charge in [-0.3, -0.25) is 4.90 Å². The van der Waals surface area contributed by atoms with Gasteiger partial charge in [0.2, 0.25) is 0 Å². The molecule has 0 saturated carbocycles. The Balaban J connectivity index is 2.41. The maximum atomic E-state index is 6.14. The molecule has 3 heteroatoms. The average molecular weight is 214 g/mol. The number of nitrogens with zero attached hydrogens (tertiary/aromatic N) is 1. The van der Waals surface area contributed by atoms with Gasteiger partial charge >= 0.3 is 0 Å². The Hall–Kier alpha value is -0.120. The minimum absolute atomic E-state index is 0.146. The highest BCUT2D eigenvalue weighted by molar-refractivity contribution is 4.86. The van der Waals surface area contributed by atoms with E-state index in [0.29, 0.717) is 12.0 Å². The molecule has 2 N–H and O–H groups in total. The molecule has 1 aliphatic rings. The Kier molecular flexibility index (Phi) is 4.56. The summed E-state index contributed by atoms with van der Waals surface area (Å²) in [6.45, 7) is 12.6. The molecule has 1 unspecified atom stereocenters. The lowest BCUT2D eigenvalue weighted by Crippen LogP contribution is -2.56. The summed E-state index contributed by atoms with van der Waals surface area (Å²) < 4.78 is 5.50. The Labute approximate surface area is 94.0 Å². The number of ether oxygens (including phenoxy) is 1. The molecule has 1 aliphatic heterocycles. The molecule has 3 nitrogen and oxygen atoms in total. The van der Waals surface area contributed by atoms with Crippen molar-refractivity contribution in [1.82, 2.24) is 4.90 Å². The molecule has 1 rings (SSSR count). The second-order valence-corrected chi connectivity index (χ2v) is 5.70. The van der Waals surface area contributed by atoms with Crippen LogP contribution in [-0.4, -0.2) is 42.8 Å². The fourth-order valence-electron chi connectivity index (χ4n) is 2.19. The quantitative estimate of drug-likeness (QED) is 0.770. The molecule has 0 aromatic carbocycles. The van der Waals surface area contributed by atoms with Crippen molar-refractivity contribution in [1.29, 1.82) is 0 Å². The molecule has 0 aromatic heterocycles. The molecule has 1 saturated heterocycles. The molecule has 0 spiro atoms. The zero-order valence-electron chi connectivity index (χ0n) is 10.6. The van der Waals surface area contributed by atoms with E-state index >= 15 is 0 Å². The molecular weight excluding hydrogens is 188 g/mol. The van der Waals surface area contributed by atoms with Gasteiger partial charge in [-0.05, 0) is 26.2 Å². The summed E-state index contributed by atoms with van der Waals surface area (Å²) in [4.78, 5) is 2.46. The van der Waals surface area contributed by atoms with Crippen LogP contribution in [0.2, 0.25) is 0 Å². The molecule has 0 bridgehead atoms. The summed E-state index contributed by atoms with van der Waals surface area (Å²) in [6.07, 6.45) is 1.10. The highest BCUT2D eigenvalue weighted by atomic mass is 16.5. The zero-order valence-corrected chi connectivity index (χ0v) is 10.6. The maximum absolute atomic E-state index is 6.14. The fraction of sp³-hybridized carbons (Fsp3) is 1.00. The van der Waals surface area contributed by atoms with E-state index in [1.54, 1.807) is 0 Å². The van der Waals surface area contributed by atoms with Crippen LogP contribution in [0.1, 0.15) is 34.1 Å². The standard InChI is InChI=1S/C12H26N2O/c1-10(2)7-11(13)8-14-5-6-15-9-12(14,3)4/h10-11H,5-9,13H2,1-4H3. The second kappa shape index (κ2) is 5.28. The van der Waals surface area contributed by atoms with Gasteiger partial charge in [0.1, 0.15) is 0 Å².